The maximum absolute atomic E-state index is 13.1. The predicted octanol–water partition coefficient (Wildman–Crippen LogP) is 3.16. The lowest BCUT2D eigenvalue weighted by Crippen LogP contribution is -2.31. The highest BCUT2D eigenvalue weighted by Crippen LogP contribution is 2.34. The Balaban J connectivity index is 2.37. The topological polar surface area (TPSA) is 50.9 Å². The quantitative estimate of drug-likeness (QED) is 0.673. The van der Waals surface area contributed by atoms with Crippen LogP contribution in [-0.2, 0) is 12.6 Å². The van der Waals surface area contributed by atoms with Gasteiger partial charge in [-0.1, -0.05) is 24.3 Å². The van der Waals surface area contributed by atoms with Gasteiger partial charge in [0.25, 0.3) is 0 Å². The Kier molecular flexibility index (Phi) is 4.59. The van der Waals surface area contributed by atoms with E-state index in [1.807, 2.05) is 31.2 Å². The molecule has 0 aliphatic heterocycles. The molecule has 0 bridgehead atoms. The summed E-state index contributed by atoms with van der Waals surface area (Å²) in [5.74, 6) is 5.47. The molecule has 0 radical (unpaired) electrons. The van der Waals surface area contributed by atoms with Gasteiger partial charge in [0.05, 0.1) is 11.6 Å². The number of nitrogens with one attached hydrogen (secondary N) is 1. The molecule has 1 aromatic carbocycles. The summed E-state index contributed by atoms with van der Waals surface area (Å²) in [6, 6.07) is 7.84. The van der Waals surface area contributed by atoms with Gasteiger partial charge in [-0.3, -0.25) is 16.3 Å². The minimum atomic E-state index is -4.43. The van der Waals surface area contributed by atoms with E-state index in [2.05, 4.69) is 10.4 Å². The van der Waals surface area contributed by atoms with E-state index in [0.717, 1.165) is 23.4 Å². The van der Waals surface area contributed by atoms with Crippen LogP contribution in [0.2, 0.25) is 0 Å². The van der Waals surface area contributed by atoms with E-state index in [1.54, 1.807) is 0 Å². The minimum absolute atomic E-state index is 0.0516. The number of benzene rings is 1. The Bertz CT molecular complexity index is 611. The molecular weight excluding hydrogens is 279 g/mol. The van der Waals surface area contributed by atoms with Gasteiger partial charge in [0.2, 0.25) is 0 Å². The molecule has 1 unspecified atom stereocenters. The Hall–Kier alpha value is -1.92. The van der Waals surface area contributed by atoms with Crippen LogP contribution in [0.15, 0.2) is 42.7 Å². The third-order valence-corrected chi connectivity index (χ3v) is 3.42. The van der Waals surface area contributed by atoms with Gasteiger partial charge < -0.3 is 0 Å². The molecule has 0 saturated heterocycles. The van der Waals surface area contributed by atoms with E-state index in [0.29, 0.717) is 6.42 Å². The summed E-state index contributed by atoms with van der Waals surface area (Å²) in [5.41, 5.74) is 3.76. The second kappa shape index (κ2) is 6.24. The van der Waals surface area contributed by atoms with Gasteiger partial charge in [0.1, 0.15) is 0 Å². The van der Waals surface area contributed by atoms with Gasteiger partial charge >= 0.3 is 6.18 Å². The number of alkyl halides is 3. The third kappa shape index (κ3) is 3.59. The summed E-state index contributed by atoms with van der Waals surface area (Å²) in [7, 11) is 0. The molecule has 6 heteroatoms. The maximum atomic E-state index is 13.1. The smallest absolute Gasteiger partial charge is 0.271 e. The second-order valence-corrected chi connectivity index (χ2v) is 4.81. The lowest BCUT2D eigenvalue weighted by Gasteiger charge is -2.21. The van der Waals surface area contributed by atoms with E-state index < -0.39 is 17.8 Å². The lowest BCUT2D eigenvalue weighted by molar-refractivity contribution is -0.138. The van der Waals surface area contributed by atoms with Crippen LogP contribution < -0.4 is 11.3 Å². The average Bonchev–Trinajstić information content (AvgIpc) is 2.45. The largest absolute Gasteiger partial charge is 0.416 e. The summed E-state index contributed by atoms with van der Waals surface area (Å²) >= 11 is 0. The zero-order valence-electron chi connectivity index (χ0n) is 11.5. The molecule has 1 atom stereocenters. The van der Waals surface area contributed by atoms with Crippen molar-refractivity contribution >= 4 is 0 Å². The van der Waals surface area contributed by atoms with E-state index in [4.69, 9.17) is 5.84 Å². The minimum Gasteiger partial charge on any atom is -0.271 e. The molecular formula is C15H16F3N3. The van der Waals surface area contributed by atoms with Gasteiger partial charge in [-0.2, -0.15) is 13.2 Å². The number of nitrogens with two attached hydrogens (primary N) is 1. The van der Waals surface area contributed by atoms with Gasteiger partial charge in [-0.05, 0) is 30.5 Å². The number of aromatic nitrogens is 1. The van der Waals surface area contributed by atoms with E-state index in [1.165, 1.54) is 6.20 Å². The number of hydrogen-bond donors (Lipinski definition) is 2. The van der Waals surface area contributed by atoms with Crippen molar-refractivity contribution < 1.29 is 13.2 Å². The predicted molar refractivity (Wildman–Crippen MR) is 74.2 cm³/mol. The Morgan fingerprint density at radius 3 is 2.57 bits per heavy atom. The molecule has 112 valence electrons. The van der Waals surface area contributed by atoms with Crippen molar-refractivity contribution in [3.05, 3.63) is 65.0 Å². The van der Waals surface area contributed by atoms with Gasteiger partial charge in [-0.25, -0.2) is 0 Å². The number of hydrogen-bond acceptors (Lipinski definition) is 3. The highest BCUT2D eigenvalue weighted by atomic mass is 19.4. The van der Waals surface area contributed by atoms with E-state index in [-0.39, 0.29) is 5.56 Å². The van der Waals surface area contributed by atoms with Crippen LogP contribution >= 0.6 is 0 Å². The maximum Gasteiger partial charge on any atom is 0.416 e. The summed E-state index contributed by atoms with van der Waals surface area (Å²) in [4.78, 5) is 3.80. The fourth-order valence-corrected chi connectivity index (χ4v) is 2.26. The number of halogens is 3. The summed E-state index contributed by atoms with van der Waals surface area (Å²) in [6.45, 7) is 1.91. The Morgan fingerprint density at radius 1 is 1.24 bits per heavy atom. The van der Waals surface area contributed by atoms with Crippen LogP contribution in [0.4, 0.5) is 13.2 Å². The highest BCUT2D eigenvalue weighted by Gasteiger charge is 2.35. The van der Waals surface area contributed by atoms with Crippen molar-refractivity contribution in [1.29, 1.82) is 0 Å². The van der Waals surface area contributed by atoms with Crippen LogP contribution in [0.1, 0.15) is 28.3 Å². The molecule has 0 spiro atoms. The fraction of sp³-hybridized carbons (Fsp3) is 0.267. The van der Waals surface area contributed by atoms with Crippen LogP contribution in [0.3, 0.4) is 0 Å². The van der Waals surface area contributed by atoms with Crippen molar-refractivity contribution in [3.63, 3.8) is 0 Å². The number of pyridine rings is 1. The number of nitrogens with zero attached hydrogens (tertiary/aromatic N) is 1. The first-order valence-electron chi connectivity index (χ1n) is 6.45. The van der Waals surface area contributed by atoms with Gasteiger partial charge in [0.15, 0.2) is 0 Å². The van der Waals surface area contributed by atoms with Crippen molar-refractivity contribution in [2.24, 2.45) is 5.84 Å². The number of hydrazine groups is 1. The van der Waals surface area contributed by atoms with Crippen LogP contribution in [0.25, 0.3) is 0 Å². The average molecular weight is 295 g/mol. The highest BCUT2D eigenvalue weighted by molar-refractivity contribution is 5.33. The first kappa shape index (κ1) is 15.5. The molecule has 2 rings (SSSR count). The third-order valence-electron chi connectivity index (χ3n) is 3.42. The summed E-state index contributed by atoms with van der Waals surface area (Å²) in [5, 5.41) is 0. The van der Waals surface area contributed by atoms with Crippen molar-refractivity contribution in [2.45, 2.75) is 25.6 Å². The standard InChI is InChI=1S/C15H16F3N3/c1-10-4-2-3-5-11(10)8-14(21-19)12-9-20-7-6-13(12)15(16,17)18/h2-7,9,14,21H,8,19H2,1H3. The monoisotopic (exact) mass is 295 g/mol. The molecule has 0 aliphatic carbocycles. The van der Waals surface area contributed by atoms with Gasteiger partial charge in [0, 0.05) is 18.0 Å². The Morgan fingerprint density at radius 2 is 1.95 bits per heavy atom. The SMILES string of the molecule is Cc1ccccc1CC(NN)c1cnccc1C(F)(F)F. The Labute approximate surface area is 121 Å². The molecule has 0 amide bonds. The molecule has 0 fully saturated rings. The molecule has 1 heterocycles. The molecule has 0 saturated carbocycles. The van der Waals surface area contributed by atoms with Crippen LogP contribution in [-0.4, -0.2) is 4.98 Å². The molecule has 3 N–H and O–H groups in total. The summed E-state index contributed by atoms with van der Waals surface area (Å²) in [6.07, 6.45) is -1.73. The van der Waals surface area contributed by atoms with E-state index in [9.17, 15) is 13.2 Å². The zero-order chi connectivity index (χ0) is 15.5. The lowest BCUT2D eigenvalue weighted by atomic mass is 9.94. The van der Waals surface area contributed by atoms with Crippen LogP contribution in [0.5, 0.6) is 0 Å². The first-order valence-corrected chi connectivity index (χ1v) is 6.45. The van der Waals surface area contributed by atoms with Crippen molar-refractivity contribution in [2.75, 3.05) is 0 Å². The first-order chi connectivity index (χ1) is 9.93. The number of rotatable bonds is 4. The van der Waals surface area contributed by atoms with Gasteiger partial charge in [-0.15, -0.1) is 0 Å². The molecule has 3 nitrogen and oxygen atoms in total. The van der Waals surface area contributed by atoms with E-state index >= 15 is 0 Å². The van der Waals surface area contributed by atoms with Crippen molar-refractivity contribution in [3.8, 4) is 0 Å². The second-order valence-electron chi connectivity index (χ2n) is 4.81. The fourth-order valence-electron chi connectivity index (χ4n) is 2.26. The van der Waals surface area contributed by atoms with Crippen LogP contribution in [0, 0.1) is 6.92 Å². The molecule has 21 heavy (non-hydrogen) atoms. The molecule has 1 aromatic heterocycles. The molecule has 0 aliphatic rings. The summed E-state index contributed by atoms with van der Waals surface area (Å²) < 4.78 is 39.2. The van der Waals surface area contributed by atoms with Crippen molar-refractivity contribution in [1.82, 2.24) is 10.4 Å². The number of aryl methyl sites for hydroxylation is 1. The normalized spacial score (nSPS) is 13.2. The zero-order valence-corrected chi connectivity index (χ0v) is 11.5. The molecule has 2 aromatic rings.